The maximum absolute atomic E-state index is 12.4. The van der Waals surface area contributed by atoms with Crippen LogP contribution in [0.1, 0.15) is 17.5 Å². The van der Waals surface area contributed by atoms with Gasteiger partial charge in [0.25, 0.3) is 5.69 Å². The van der Waals surface area contributed by atoms with E-state index in [-0.39, 0.29) is 11.6 Å². The molecule has 0 N–H and O–H groups in total. The lowest BCUT2D eigenvalue weighted by Crippen LogP contribution is -2.49. The quantitative estimate of drug-likeness (QED) is 0.609. The third kappa shape index (κ3) is 4.36. The highest BCUT2D eigenvalue weighted by molar-refractivity contribution is 5.76. The van der Waals surface area contributed by atoms with E-state index in [9.17, 15) is 14.9 Å². The number of amides is 1. The predicted octanol–water partition coefficient (Wildman–Crippen LogP) is 2.58. The molecule has 7 nitrogen and oxygen atoms in total. The molecule has 1 aromatic carbocycles. The van der Waals surface area contributed by atoms with Gasteiger partial charge in [-0.25, -0.2) is 4.98 Å². The van der Waals surface area contributed by atoms with Crippen LogP contribution in [0.3, 0.4) is 0 Å². The van der Waals surface area contributed by atoms with Crippen molar-refractivity contribution in [2.24, 2.45) is 0 Å². The summed E-state index contributed by atoms with van der Waals surface area (Å²) in [6.45, 7) is 4.70. The van der Waals surface area contributed by atoms with Crippen LogP contribution in [0.15, 0.2) is 42.6 Å². The minimum Gasteiger partial charge on any atom is -0.353 e. The van der Waals surface area contributed by atoms with E-state index >= 15 is 0 Å². The number of rotatable bonds is 5. The van der Waals surface area contributed by atoms with Gasteiger partial charge in [0.05, 0.1) is 4.92 Å². The first-order valence-corrected chi connectivity index (χ1v) is 8.71. The number of aryl methyl sites for hydroxylation is 2. The molecule has 1 amide bonds. The summed E-state index contributed by atoms with van der Waals surface area (Å²) < 4.78 is 0. The van der Waals surface area contributed by atoms with Gasteiger partial charge in [0, 0.05) is 38.7 Å². The summed E-state index contributed by atoms with van der Waals surface area (Å²) in [5, 5.41) is 10.7. The Balaban J connectivity index is 1.48. The molecule has 1 aliphatic heterocycles. The van der Waals surface area contributed by atoms with E-state index in [0.29, 0.717) is 38.4 Å². The van der Waals surface area contributed by atoms with E-state index in [1.165, 1.54) is 23.4 Å². The average Bonchev–Trinajstić information content (AvgIpc) is 2.67. The molecule has 26 heavy (non-hydrogen) atoms. The van der Waals surface area contributed by atoms with Crippen LogP contribution in [0.2, 0.25) is 0 Å². The Labute approximate surface area is 152 Å². The molecule has 0 atom stereocenters. The maximum Gasteiger partial charge on any atom is 0.287 e. The second-order valence-electron chi connectivity index (χ2n) is 6.49. The fourth-order valence-electron chi connectivity index (χ4n) is 3.02. The molecule has 0 unspecified atom stereocenters. The molecule has 0 spiro atoms. The van der Waals surface area contributed by atoms with Crippen LogP contribution in [-0.2, 0) is 11.2 Å². The van der Waals surface area contributed by atoms with Crippen LogP contribution in [-0.4, -0.2) is 46.9 Å². The monoisotopic (exact) mass is 354 g/mol. The van der Waals surface area contributed by atoms with Crippen molar-refractivity contribution >= 4 is 17.4 Å². The Bertz CT molecular complexity index is 766. The molecule has 0 bridgehead atoms. The van der Waals surface area contributed by atoms with Crippen molar-refractivity contribution < 1.29 is 9.72 Å². The van der Waals surface area contributed by atoms with Crippen LogP contribution < -0.4 is 4.90 Å². The Morgan fingerprint density at radius 1 is 1.12 bits per heavy atom. The Morgan fingerprint density at radius 2 is 1.81 bits per heavy atom. The Morgan fingerprint density at radius 3 is 2.38 bits per heavy atom. The molecule has 136 valence electrons. The number of anilines is 1. The zero-order valence-corrected chi connectivity index (χ0v) is 14.8. The number of hydrogen-bond donors (Lipinski definition) is 0. The van der Waals surface area contributed by atoms with Gasteiger partial charge in [-0.3, -0.25) is 14.9 Å². The van der Waals surface area contributed by atoms with Gasteiger partial charge in [-0.2, -0.15) is 0 Å². The first-order valence-electron chi connectivity index (χ1n) is 8.71. The van der Waals surface area contributed by atoms with Gasteiger partial charge in [0.2, 0.25) is 5.91 Å². The Hall–Kier alpha value is -2.96. The number of carbonyl (C=O) groups is 1. The normalized spacial score (nSPS) is 14.3. The molecular weight excluding hydrogens is 332 g/mol. The van der Waals surface area contributed by atoms with Crippen molar-refractivity contribution in [3.63, 3.8) is 0 Å². The molecule has 0 radical (unpaired) electrons. The lowest BCUT2D eigenvalue weighted by atomic mass is 10.1. The fourth-order valence-corrected chi connectivity index (χ4v) is 3.02. The summed E-state index contributed by atoms with van der Waals surface area (Å²) in [5.74, 6) is 0.879. The van der Waals surface area contributed by atoms with Gasteiger partial charge in [-0.1, -0.05) is 29.8 Å². The first-order chi connectivity index (χ1) is 12.5. The zero-order valence-electron chi connectivity index (χ0n) is 14.8. The number of pyridine rings is 1. The molecule has 0 aliphatic carbocycles. The summed E-state index contributed by atoms with van der Waals surface area (Å²) in [6, 6.07) is 11.4. The molecule has 1 aromatic heterocycles. The van der Waals surface area contributed by atoms with Crippen molar-refractivity contribution in [1.29, 1.82) is 0 Å². The number of nitro groups is 1. The number of piperazine rings is 1. The van der Waals surface area contributed by atoms with E-state index in [1.54, 1.807) is 6.07 Å². The van der Waals surface area contributed by atoms with Crippen molar-refractivity contribution in [3.05, 3.63) is 63.8 Å². The molecule has 0 saturated carbocycles. The van der Waals surface area contributed by atoms with E-state index in [4.69, 9.17) is 0 Å². The minimum atomic E-state index is -0.457. The molecule has 1 saturated heterocycles. The van der Waals surface area contributed by atoms with E-state index < -0.39 is 4.92 Å². The number of carbonyl (C=O) groups excluding carboxylic acids is 1. The van der Waals surface area contributed by atoms with Crippen LogP contribution in [0.5, 0.6) is 0 Å². The molecule has 1 fully saturated rings. The van der Waals surface area contributed by atoms with Gasteiger partial charge in [0.15, 0.2) is 0 Å². The van der Waals surface area contributed by atoms with Gasteiger partial charge in [0.1, 0.15) is 12.0 Å². The predicted molar refractivity (Wildman–Crippen MR) is 99.2 cm³/mol. The highest BCUT2D eigenvalue weighted by atomic mass is 16.6. The standard InChI is InChI=1S/C19H22N4O3/c1-15-2-4-16(5-3-15)6-9-19(24)22-12-10-21(11-13-22)18-8-7-17(14-20-18)23(25)26/h2-5,7-8,14H,6,9-13H2,1H3. The van der Waals surface area contributed by atoms with Crippen LogP contribution >= 0.6 is 0 Å². The van der Waals surface area contributed by atoms with Crippen molar-refractivity contribution in [1.82, 2.24) is 9.88 Å². The van der Waals surface area contributed by atoms with Crippen LogP contribution in [0.4, 0.5) is 11.5 Å². The zero-order chi connectivity index (χ0) is 18.5. The van der Waals surface area contributed by atoms with Gasteiger partial charge < -0.3 is 9.80 Å². The molecule has 3 rings (SSSR count). The highest BCUT2D eigenvalue weighted by Gasteiger charge is 2.22. The van der Waals surface area contributed by atoms with Crippen molar-refractivity contribution in [3.8, 4) is 0 Å². The van der Waals surface area contributed by atoms with Gasteiger partial charge in [-0.05, 0) is 25.0 Å². The fraction of sp³-hybridized carbons (Fsp3) is 0.368. The van der Waals surface area contributed by atoms with E-state index in [0.717, 1.165) is 6.42 Å². The number of aromatic nitrogens is 1. The van der Waals surface area contributed by atoms with E-state index in [2.05, 4.69) is 29.2 Å². The molecule has 2 aromatic rings. The highest BCUT2D eigenvalue weighted by Crippen LogP contribution is 2.18. The maximum atomic E-state index is 12.4. The summed E-state index contributed by atoms with van der Waals surface area (Å²) >= 11 is 0. The largest absolute Gasteiger partial charge is 0.353 e. The molecule has 7 heteroatoms. The van der Waals surface area contributed by atoms with Crippen LogP contribution in [0.25, 0.3) is 0 Å². The minimum absolute atomic E-state index is 0.0151. The molecule has 1 aliphatic rings. The number of benzene rings is 1. The third-order valence-corrected chi connectivity index (χ3v) is 4.65. The lowest BCUT2D eigenvalue weighted by Gasteiger charge is -2.35. The SMILES string of the molecule is Cc1ccc(CCC(=O)N2CCN(c3ccc([N+](=O)[O-])cn3)CC2)cc1. The van der Waals surface area contributed by atoms with Crippen molar-refractivity contribution in [2.75, 3.05) is 31.1 Å². The number of nitrogens with zero attached hydrogens (tertiary/aromatic N) is 4. The molecular formula is C19H22N4O3. The number of hydrogen-bond acceptors (Lipinski definition) is 5. The van der Waals surface area contributed by atoms with Crippen molar-refractivity contribution in [2.45, 2.75) is 19.8 Å². The second-order valence-corrected chi connectivity index (χ2v) is 6.49. The van der Waals surface area contributed by atoms with Crippen LogP contribution in [0, 0.1) is 17.0 Å². The molecule has 2 heterocycles. The smallest absolute Gasteiger partial charge is 0.287 e. The summed E-state index contributed by atoms with van der Waals surface area (Å²) in [7, 11) is 0. The second kappa shape index (κ2) is 7.95. The summed E-state index contributed by atoms with van der Waals surface area (Å²) in [6.07, 6.45) is 2.54. The first kappa shape index (κ1) is 17.8. The van der Waals surface area contributed by atoms with E-state index in [1.807, 2.05) is 16.7 Å². The topological polar surface area (TPSA) is 79.6 Å². The van der Waals surface area contributed by atoms with Gasteiger partial charge in [-0.15, -0.1) is 0 Å². The Kier molecular flexibility index (Phi) is 5.46. The van der Waals surface area contributed by atoms with Gasteiger partial charge >= 0.3 is 0 Å². The summed E-state index contributed by atoms with van der Waals surface area (Å²) in [4.78, 5) is 30.7. The lowest BCUT2D eigenvalue weighted by molar-refractivity contribution is -0.385. The average molecular weight is 354 g/mol. The summed E-state index contributed by atoms with van der Waals surface area (Å²) in [5.41, 5.74) is 2.38. The third-order valence-electron chi connectivity index (χ3n) is 4.65.